The van der Waals surface area contributed by atoms with Gasteiger partial charge >= 0.3 is 5.97 Å². The number of benzene rings is 2. The van der Waals surface area contributed by atoms with Crippen LogP contribution in [0.1, 0.15) is 24.0 Å². The fourth-order valence-electron chi connectivity index (χ4n) is 3.69. The fourth-order valence-corrected chi connectivity index (χ4v) is 3.69. The number of ether oxygens (including phenoxy) is 5. The Bertz CT molecular complexity index is 1290. The molecule has 0 fully saturated rings. The molecule has 33 heavy (non-hydrogen) atoms. The maximum Gasteiger partial charge on any atom is 0.331 e. The molecule has 2 aromatic carbocycles. The van der Waals surface area contributed by atoms with Gasteiger partial charge in [0.25, 0.3) is 0 Å². The molecule has 3 N–H and O–H groups in total. The Morgan fingerprint density at radius 2 is 1.79 bits per heavy atom. The topological polar surface area (TPSA) is 135 Å². The Kier molecular flexibility index (Phi) is 5.82. The van der Waals surface area contributed by atoms with Crippen LogP contribution in [0.4, 0.5) is 5.69 Å². The Labute approximate surface area is 189 Å². The second kappa shape index (κ2) is 8.73. The van der Waals surface area contributed by atoms with Gasteiger partial charge in [-0.2, -0.15) is 0 Å². The molecule has 0 spiro atoms. The molecule has 0 radical (unpaired) electrons. The number of aromatic nitrogens is 2. The highest BCUT2D eigenvalue weighted by Gasteiger charge is 2.25. The maximum atomic E-state index is 11.4. The second-order valence-electron chi connectivity index (χ2n) is 7.26. The third-order valence-electron chi connectivity index (χ3n) is 5.25. The molecule has 3 aromatic rings. The summed E-state index contributed by atoms with van der Waals surface area (Å²) in [6.07, 6.45) is 1.74. The van der Waals surface area contributed by atoms with Crippen molar-refractivity contribution in [2.75, 3.05) is 33.9 Å². The molecule has 0 saturated carbocycles. The SMILES string of the molecule is COc1c(OC)c(N)c2c(Cc3ccc4c(c3)OCO4)nc(/C=C(/C)C(=O)O)nc2c1OC. The van der Waals surface area contributed by atoms with Gasteiger partial charge in [0.05, 0.1) is 38.1 Å². The number of hydrogen-bond donors (Lipinski definition) is 2. The Morgan fingerprint density at radius 1 is 1.09 bits per heavy atom. The number of nitrogen functional groups attached to an aromatic ring is 1. The highest BCUT2D eigenvalue weighted by molar-refractivity contribution is 6.02. The van der Waals surface area contributed by atoms with E-state index >= 15 is 0 Å². The number of anilines is 1. The van der Waals surface area contributed by atoms with Crippen molar-refractivity contribution in [3.05, 3.63) is 40.9 Å². The van der Waals surface area contributed by atoms with Crippen molar-refractivity contribution in [2.24, 2.45) is 0 Å². The summed E-state index contributed by atoms with van der Waals surface area (Å²) >= 11 is 0. The molecule has 10 heteroatoms. The summed E-state index contributed by atoms with van der Waals surface area (Å²) in [5, 5.41) is 9.84. The van der Waals surface area contributed by atoms with E-state index in [0.717, 1.165) is 5.56 Å². The summed E-state index contributed by atoms with van der Waals surface area (Å²) < 4.78 is 27.4. The number of nitrogens with zero attached hydrogens (tertiary/aromatic N) is 2. The molecule has 4 rings (SSSR count). The largest absolute Gasteiger partial charge is 0.491 e. The Balaban J connectivity index is 1.99. The number of hydrogen-bond acceptors (Lipinski definition) is 9. The third kappa shape index (κ3) is 3.91. The molecule has 0 amide bonds. The van der Waals surface area contributed by atoms with E-state index < -0.39 is 5.97 Å². The lowest BCUT2D eigenvalue weighted by Gasteiger charge is -2.19. The van der Waals surface area contributed by atoms with Crippen LogP contribution in [-0.2, 0) is 11.2 Å². The number of methoxy groups -OCH3 is 3. The van der Waals surface area contributed by atoms with E-state index in [-0.39, 0.29) is 29.6 Å². The van der Waals surface area contributed by atoms with E-state index in [9.17, 15) is 9.90 Å². The molecule has 172 valence electrons. The van der Waals surface area contributed by atoms with Gasteiger partial charge < -0.3 is 34.5 Å². The molecule has 1 aliphatic heterocycles. The van der Waals surface area contributed by atoms with Gasteiger partial charge in [-0.3, -0.25) is 0 Å². The van der Waals surface area contributed by atoms with Crippen molar-refractivity contribution < 1.29 is 33.6 Å². The number of aliphatic carboxylic acids is 1. The van der Waals surface area contributed by atoms with Crippen LogP contribution in [0.2, 0.25) is 0 Å². The lowest BCUT2D eigenvalue weighted by Crippen LogP contribution is -2.07. The van der Waals surface area contributed by atoms with Crippen LogP contribution in [0, 0.1) is 0 Å². The average molecular weight is 453 g/mol. The predicted octanol–water partition coefficient (Wildman–Crippen LogP) is 3.05. The summed E-state index contributed by atoms with van der Waals surface area (Å²) in [7, 11) is 4.42. The molecule has 0 saturated heterocycles. The summed E-state index contributed by atoms with van der Waals surface area (Å²) in [6.45, 7) is 1.63. The van der Waals surface area contributed by atoms with E-state index in [0.29, 0.717) is 46.0 Å². The van der Waals surface area contributed by atoms with Crippen LogP contribution in [0.15, 0.2) is 23.8 Å². The highest BCUT2D eigenvalue weighted by Crippen LogP contribution is 2.48. The van der Waals surface area contributed by atoms with E-state index in [1.807, 2.05) is 18.2 Å². The number of carbonyl (C=O) groups is 1. The van der Waals surface area contributed by atoms with Crippen molar-refractivity contribution in [2.45, 2.75) is 13.3 Å². The quantitative estimate of drug-likeness (QED) is 0.406. The number of carboxylic acid groups (broad SMARTS) is 1. The van der Waals surface area contributed by atoms with Crippen LogP contribution < -0.4 is 29.4 Å². The normalized spacial score (nSPS) is 12.7. The lowest BCUT2D eigenvalue weighted by molar-refractivity contribution is -0.132. The monoisotopic (exact) mass is 453 g/mol. The number of fused-ring (bicyclic) bond motifs is 2. The molecule has 0 aliphatic carbocycles. The third-order valence-corrected chi connectivity index (χ3v) is 5.25. The van der Waals surface area contributed by atoms with Crippen LogP contribution >= 0.6 is 0 Å². The Hall–Kier alpha value is -4.21. The van der Waals surface area contributed by atoms with E-state index in [1.165, 1.54) is 34.3 Å². The highest BCUT2D eigenvalue weighted by atomic mass is 16.7. The zero-order valence-electron chi connectivity index (χ0n) is 18.6. The van der Waals surface area contributed by atoms with Gasteiger partial charge in [-0.1, -0.05) is 6.07 Å². The molecule has 0 unspecified atom stereocenters. The van der Waals surface area contributed by atoms with Crippen molar-refractivity contribution in [1.82, 2.24) is 9.97 Å². The molecular weight excluding hydrogens is 430 g/mol. The van der Waals surface area contributed by atoms with Crippen LogP contribution in [0.3, 0.4) is 0 Å². The van der Waals surface area contributed by atoms with Gasteiger partial charge in [0.1, 0.15) is 5.52 Å². The lowest BCUT2D eigenvalue weighted by atomic mass is 10.0. The van der Waals surface area contributed by atoms with Crippen molar-refractivity contribution in [3.63, 3.8) is 0 Å². The zero-order valence-corrected chi connectivity index (χ0v) is 18.6. The molecule has 1 aromatic heterocycles. The first-order valence-electron chi connectivity index (χ1n) is 9.96. The van der Waals surface area contributed by atoms with Gasteiger partial charge in [0.2, 0.25) is 12.5 Å². The van der Waals surface area contributed by atoms with Gasteiger partial charge in [-0.25, -0.2) is 14.8 Å². The van der Waals surface area contributed by atoms with Gasteiger partial charge in [0.15, 0.2) is 28.8 Å². The average Bonchev–Trinajstić information content (AvgIpc) is 3.26. The Morgan fingerprint density at radius 3 is 2.45 bits per heavy atom. The zero-order chi connectivity index (χ0) is 23.7. The second-order valence-corrected chi connectivity index (χ2v) is 7.26. The fraction of sp³-hybridized carbons (Fsp3) is 0.261. The number of carboxylic acids is 1. The minimum Gasteiger partial charge on any atom is -0.491 e. The first-order valence-corrected chi connectivity index (χ1v) is 9.96. The summed E-state index contributed by atoms with van der Waals surface area (Å²) in [6, 6.07) is 5.58. The summed E-state index contributed by atoms with van der Waals surface area (Å²) in [5.74, 6) is 1.30. The van der Waals surface area contributed by atoms with Crippen LogP contribution in [0.5, 0.6) is 28.7 Å². The summed E-state index contributed by atoms with van der Waals surface area (Å²) in [5.41, 5.74) is 8.66. The predicted molar refractivity (Wildman–Crippen MR) is 120 cm³/mol. The van der Waals surface area contributed by atoms with Crippen molar-refractivity contribution in [1.29, 1.82) is 0 Å². The summed E-state index contributed by atoms with van der Waals surface area (Å²) in [4.78, 5) is 20.5. The first kappa shape index (κ1) is 22.0. The molecule has 1 aliphatic rings. The first-order chi connectivity index (χ1) is 15.9. The van der Waals surface area contributed by atoms with E-state index in [1.54, 1.807) is 0 Å². The molecular formula is C23H23N3O7. The van der Waals surface area contributed by atoms with Crippen LogP contribution in [-0.4, -0.2) is 49.2 Å². The maximum absolute atomic E-state index is 11.4. The number of nitrogens with two attached hydrogens (primary N) is 1. The van der Waals surface area contributed by atoms with Gasteiger partial charge in [0, 0.05) is 12.0 Å². The van der Waals surface area contributed by atoms with E-state index in [2.05, 4.69) is 9.97 Å². The van der Waals surface area contributed by atoms with Crippen LogP contribution in [0.25, 0.3) is 17.0 Å². The molecule has 0 bridgehead atoms. The van der Waals surface area contributed by atoms with Gasteiger partial charge in [-0.15, -0.1) is 0 Å². The standard InChI is InChI=1S/C23H23N3O7/c1-11(23(27)28)7-16-25-13(8-12-5-6-14-15(9-12)33-10-32-14)17-18(24)20(29-2)22(31-4)21(30-3)19(17)26-16/h5-7,9H,8,10,24H2,1-4H3,(H,27,28)/b11-7-. The smallest absolute Gasteiger partial charge is 0.331 e. The van der Waals surface area contributed by atoms with E-state index in [4.69, 9.17) is 29.4 Å². The minimum absolute atomic E-state index is 0.0794. The van der Waals surface area contributed by atoms with Crippen molar-refractivity contribution in [3.8, 4) is 28.7 Å². The molecule has 10 nitrogen and oxygen atoms in total. The minimum atomic E-state index is -1.07. The molecule has 2 heterocycles. The number of rotatable bonds is 7. The van der Waals surface area contributed by atoms with Crippen molar-refractivity contribution >= 4 is 28.6 Å². The van der Waals surface area contributed by atoms with Gasteiger partial charge in [-0.05, 0) is 30.7 Å². The molecule has 0 atom stereocenters.